The van der Waals surface area contributed by atoms with Crippen molar-refractivity contribution in [3.63, 3.8) is 0 Å². The highest BCUT2D eigenvalue weighted by Gasteiger charge is 2.38. The molecule has 4 rings (SSSR count). The summed E-state index contributed by atoms with van der Waals surface area (Å²) < 4.78 is 31.2. The predicted molar refractivity (Wildman–Crippen MR) is 126 cm³/mol. The van der Waals surface area contributed by atoms with Crippen molar-refractivity contribution in [2.45, 2.75) is 82.6 Å². The lowest BCUT2D eigenvalue weighted by atomic mass is 9.94. The number of likely N-dealkylation sites (tertiary alicyclic amines) is 1. The smallest absolute Gasteiger partial charge is 0.257 e. The fraction of sp³-hybridized carbons (Fsp3) is 0.792. The SMILES string of the molecule is Cc1c(C(=O)N2CCCCCC2)c(S(=O)(=O)N2CCN(C3CCCCC3)CC2)c(C)n1C. The molecular formula is C24H40N4O3S. The summed E-state index contributed by atoms with van der Waals surface area (Å²) in [5.74, 6) is -0.118. The molecule has 32 heavy (non-hydrogen) atoms. The molecule has 1 saturated carbocycles. The number of hydrogen-bond acceptors (Lipinski definition) is 4. The van der Waals surface area contributed by atoms with Crippen molar-refractivity contribution in [1.82, 2.24) is 18.7 Å². The monoisotopic (exact) mass is 464 g/mol. The minimum absolute atomic E-state index is 0.118. The molecule has 180 valence electrons. The van der Waals surface area contributed by atoms with Crippen molar-refractivity contribution in [1.29, 1.82) is 0 Å². The minimum Gasteiger partial charge on any atom is -0.350 e. The number of sulfonamides is 1. The Morgan fingerprint density at radius 3 is 1.94 bits per heavy atom. The number of amides is 1. The lowest BCUT2D eigenvalue weighted by Gasteiger charge is -2.40. The molecule has 2 saturated heterocycles. The van der Waals surface area contributed by atoms with Gasteiger partial charge in [0.1, 0.15) is 4.90 Å². The van der Waals surface area contributed by atoms with E-state index in [2.05, 4.69) is 4.90 Å². The molecule has 1 aromatic rings. The van der Waals surface area contributed by atoms with Crippen LogP contribution in [-0.4, -0.2) is 78.3 Å². The van der Waals surface area contributed by atoms with E-state index in [9.17, 15) is 13.2 Å². The van der Waals surface area contributed by atoms with Gasteiger partial charge in [-0.15, -0.1) is 0 Å². The molecule has 1 aliphatic carbocycles. The van der Waals surface area contributed by atoms with Gasteiger partial charge < -0.3 is 9.47 Å². The number of carbonyl (C=O) groups excluding carboxylic acids is 1. The average molecular weight is 465 g/mol. The van der Waals surface area contributed by atoms with Crippen molar-refractivity contribution in [3.05, 3.63) is 17.0 Å². The summed E-state index contributed by atoms with van der Waals surface area (Å²) in [5.41, 5.74) is 1.80. The van der Waals surface area contributed by atoms with E-state index in [4.69, 9.17) is 0 Å². The highest BCUT2D eigenvalue weighted by molar-refractivity contribution is 7.89. The maximum absolute atomic E-state index is 13.9. The summed E-state index contributed by atoms with van der Waals surface area (Å²) >= 11 is 0. The molecule has 3 fully saturated rings. The van der Waals surface area contributed by atoms with Gasteiger partial charge in [0.05, 0.1) is 5.56 Å². The highest BCUT2D eigenvalue weighted by atomic mass is 32.2. The van der Waals surface area contributed by atoms with Crippen LogP contribution in [0.1, 0.15) is 79.5 Å². The summed E-state index contributed by atoms with van der Waals surface area (Å²) in [4.78, 5) is 18.2. The van der Waals surface area contributed by atoms with Crippen LogP contribution in [0.5, 0.6) is 0 Å². The summed E-state index contributed by atoms with van der Waals surface area (Å²) in [6, 6.07) is 0.606. The predicted octanol–water partition coefficient (Wildman–Crippen LogP) is 3.30. The van der Waals surface area contributed by atoms with Gasteiger partial charge in [-0.25, -0.2) is 8.42 Å². The van der Waals surface area contributed by atoms with Gasteiger partial charge >= 0.3 is 0 Å². The van der Waals surface area contributed by atoms with Gasteiger partial charge in [0.25, 0.3) is 5.91 Å². The molecule has 0 radical (unpaired) electrons. The van der Waals surface area contributed by atoms with Gasteiger partial charge in [0, 0.05) is 63.7 Å². The highest BCUT2D eigenvalue weighted by Crippen LogP contribution is 2.32. The Labute approximate surface area is 193 Å². The van der Waals surface area contributed by atoms with Crippen molar-refractivity contribution >= 4 is 15.9 Å². The fourth-order valence-electron chi connectivity index (χ4n) is 5.80. The lowest BCUT2D eigenvalue weighted by molar-refractivity contribution is 0.0756. The first kappa shape index (κ1) is 23.8. The van der Waals surface area contributed by atoms with Crippen LogP contribution in [0.25, 0.3) is 0 Å². The summed E-state index contributed by atoms with van der Waals surface area (Å²) in [6.45, 7) is 7.70. The molecule has 0 unspecified atom stereocenters. The first-order chi connectivity index (χ1) is 15.3. The molecule has 1 amide bonds. The molecule has 0 N–H and O–H groups in total. The molecule has 1 aromatic heterocycles. The van der Waals surface area contributed by atoms with Gasteiger partial charge in [-0.2, -0.15) is 4.31 Å². The Kier molecular flexibility index (Phi) is 7.32. The Morgan fingerprint density at radius 2 is 1.34 bits per heavy atom. The van der Waals surface area contributed by atoms with Crippen LogP contribution in [0.2, 0.25) is 0 Å². The average Bonchev–Trinajstić information content (AvgIpc) is 3.00. The van der Waals surface area contributed by atoms with Crippen LogP contribution in [-0.2, 0) is 17.1 Å². The number of piperazine rings is 1. The van der Waals surface area contributed by atoms with Crippen molar-refractivity contribution in [2.24, 2.45) is 7.05 Å². The van der Waals surface area contributed by atoms with Gasteiger partial charge in [-0.1, -0.05) is 32.1 Å². The molecule has 3 heterocycles. The number of aromatic nitrogens is 1. The molecule has 0 bridgehead atoms. The van der Waals surface area contributed by atoms with Crippen molar-refractivity contribution < 1.29 is 13.2 Å². The van der Waals surface area contributed by atoms with E-state index >= 15 is 0 Å². The first-order valence-electron chi connectivity index (χ1n) is 12.5. The van der Waals surface area contributed by atoms with E-state index in [1.54, 1.807) is 4.31 Å². The molecule has 0 atom stereocenters. The third-order valence-electron chi connectivity index (χ3n) is 7.99. The summed E-state index contributed by atoms with van der Waals surface area (Å²) in [7, 11) is -1.87. The van der Waals surface area contributed by atoms with E-state index in [0.29, 0.717) is 43.5 Å². The van der Waals surface area contributed by atoms with Gasteiger partial charge in [0.15, 0.2) is 0 Å². The van der Waals surface area contributed by atoms with Crippen LogP contribution in [0, 0.1) is 13.8 Å². The van der Waals surface area contributed by atoms with Crippen LogP contribution < -0.4 is 0 Å². The Morgan fingerprint density at radius 1 is 0.781 bits per heavy atom. The van der Waals surface area contributed by atoms with Crippen LogP contribution in [0.15, 0.2) is 4.90 Å². The van der Waals surface area contributed by atoms with Crippen LogP contribution in [0.4, 0.5) is 0 Å². The van der Waals surface area contributed by atoms with E-state index in [1.165, 1.54) is 32.1 Å². The third kappa shape index (κ3) is 4.50. The molecule has 0 spiro atoms. The quantitative estimate of drug-likeness (QED) is 0.686. The summed E-state index contributed by atoms with van der Waals surface area (Å²) in [6.07, 6.45) is 10.6. The first-order valence-corrected chi connectivity index (χ1v) is 14.0. The second-order valence-electron chi connectivity index (χ2n) is 9.87. The van der Waals surface area contributed by atoms with Gasteiger partial charge in [-0.05, 0) is 39.5 Å². The van der Waals surface area contributed by atoms with E-state index in [-0.39, 0.29) is 10.8 Å². The maximum Gasteiger partial charge on any atom is 0.257 e. The molecular weight excluding hydrogens is 424 g/mol. The lowest BCUT2D eigenvalue weighted by Crippen LogP contribution is -2.52. The second-order valence-corrected chi connectivity index (χ2v) is 11.7. The normalized spacial score (nSPS) is 22.8. The van der Waals surface area contributed by atoms with Crippen LogP contribution >= 0.6 is 0 Å². The van der Waals surface area contributed by atoms with Crippen molar-refractivity contribution in [3.8, 4) is 0 Å². The van der Waals surface area contributed by atoms with E-state index < -0.39 is 10.0 Å². The fourth-order valence-corrected chi connectivity index (χ4v) is 7.71. The topological polar surface area (TPSA) is 65.9 Å². The van der Waals surface area contributed by atoms with E-state index in [0.717, 1.165) is 44.5 Å². The second kappa shape index (κ2) is 9.85. The zero-order chi connectivity index (χ0) is 22.9. The third-order valence-corrected chi connectivity index (χ3v) is 10.1. The molecule has 0 aromatic carbocycles. The molecule has 8 heteroatoms. The maximum atomic E-state index is 13.9. The molecule has 7 nitrogen and oxygen atoms in total. The Hall–Kier alpha value is -1.38. The number of hydrogen-bond donors (Lipinski definition) is 0. The molecule has 3 aliphatic rings. The zero-order valence-corrected chi connectivity index (χ0v) is 20.9. The Bertz CT molecular complexity index is 918. The standard InChI is InChI=1S/C24H40N4O3S/c1-19-22(24(29)27-13-9-4-5-10-14-27)23(20(2)25(19)3)32(30,31)28-17-15-26(16-18-28)21-11-7-6-8-12-21/h21H,4-18H2,1-3H3. The summed E-state index contributed by atoms with van der Waals surface area (Å²) in [5, 5.41) is 0. The number of rotatable bonds is 4. The minimum atomic E-state index is -3.73. The number of nitrogens with zero attached hydrogens (tertiary/aromatic N) is 4. The van der Waals surface area contributed by atoms with E-state index in [1.807, 2.05) is 30.4 Å². The largest absolute Gasteiger partial charge is 0.350 e. The van der Waals surface area contributed by atoms with Crippen molar-refractivity contribution in [2.75, 3.05) is 39.3 Å². The number of carbonyl (C=O) groups is 1. The Balaban J connectivity index is 1.58. The van der Waals surface area contributed by atoms with Gasteiger partial charge in [0.2, 0.25) is 10.0 Å². The van der Waals surface area contributed by atoms with Gasteiger partial charge in [-0.3, -0.25) is 9.69 Å². The zero-order valence-electron chi connectivity index (χ0n) is 20.1. The molecule has 2 aliphatic heterocycles. The van der Waals surface area contributed by atoms with Crippen LogP contribution in [0.3, 0.4) is 0 Å².